The van der Waals surface area contributed by atoms with Gasteiger partial charge >= 0.3 is 0 Å². The lowest BCUT2D eigenvalue weighted by Crippen LogP contribution is -2.46. The van der Waals surface area contributed by atoms with Gasteiger partial charge < -0.3 is 5.32 Å². The number of sulfonamides is 1. The van der Waals surface area contributed by atoms with E-state index in [9.17, 15) is 17.6 Å². The fraction of sp³-hybridized carbons (Fsp3) is 0.278. The first-order valence-corrected chi connectivity index (χ1v) is 9.84. The molecule has 1 amide bonds. The minimum absolute atomic E-state index is 0.165. The van der Waals surface area contributed by atoms with Crippen LogP contribution in [0, 0.1) is 5.82 Å². The zero-order valence-electron chi connectivity index (χ0n) is 13.8. The number of carbonyl (C=O) groups is 1. The van der Waals surface area contributed by atoms with E-state index in [1.54, 1.807) is 0 Å². The van der Waals surface area contributed by atoms with Gasteiger partial charge in [-0.05, 0) is 36.6 Å². The van der Waals surface area contributed by atoms with Crippen molar-refractivity contribution in [3.63, 3.8) is 0 Å². The van der Waals surface area contributed by atoms with Crippen molar-refractivity contribution in [2.24, 2.45) is 0 Å². The molecule has 2 N–H and O–H groups in total. The second kappa shape index (κ2) is 6.48. The number of amides is 1. The van der Waals surface area contributed by atoms with Crippen LogP contribution in [-0.2, 0) is 20.2 Å². The molecule has 0 aromatic heterocycles. The van der Waals surface area contributed by atoms with Crippen LogP contribution in [0.4, 0.5) is 15.8 Å². The molecule has 1 fully saturated rings. The summed E-state index contributed by atoms with van der Waals surface area (Å²) < 4.78 is 38.5. The van der Waals surface area contributed by atoms with Gasteiger partial charge in [0.25, 0.3) is 0 Å². The second-order valence-corrected chi connectivity index (χ2v) is 8.07. The Kier molecular flexibility index (Phi) is 4.51. The van der Waals surface area contributed by atoms with Gasteiger partial charge in [-0.2, -0.15) is 0 Å². The summed E-state index contributed by atoms with van der Waals surface area (Å²) >= 11 is 0. The van der Waals surface area contributed by atoms with E-state index in [0.29, 0.717) is 5.69 Å². The Bertz CT molecular complexity index is 894. The predicted molar refractivity (Wildman–Crippen MR) is 95.5 cm³/mol. The molecule has 0 radical (unpaired) electrons. The number of nitrogens with one attached hydrogen (secondary N) is 2. The average Bonchev–Trinajstić information content (AvgIpc) is 2.49. The monoisotopic (exact) mass is 362 g/mol. The molecular formula is C18H19FN2O3S. The van der Waals surface area contributed by atoms with Gasteiger partial charge in [0.2, 0.25) is 15.9 Å². The van der Waals surface area contributed by atoms with E-state index in [2.05, 4.69) is 10.0 Å². The van der Waals surface area contributed by atoms with E-state index in [-0.39, 0.29) is 11.6 Å². The topological polar surface area (TPSA) is 75.3 Å². The number of benzene rings is 2. The van der Waals surface area contributed by atoms with Gasteiger partial charge in [0, 0.05) is 5.69 Å². The summed E-state index contributed by atoms with van der Waals surface area (Å²) in [5, 5.41) is 2.80. The average molecular weight is 362 g/mol. The molecule has 0 aliphatic heterocycles. The molecule has 5 nitrogen and oxygen atoms in total. The van der Waals surface area contributed by atoms with Crippen molar-refractivity contribution in [1.29, 1.82) is 0 Å². The van der Waals surface area contributed by atoms with E-state index >= 15 is 0 Å². The largest absolute Gasteiger partial charge is 0.325 e. The first-order chi connectivity index (χ1) is 11.8. The van der Waals surface area contributed by atoms with E-state index < -0.39 is 21.3 Å². The molecule has 0 atom stereocenters. The molecule has 7 heteroatoms. The van der Waals surface area contributed by atoms with Crippen LogP contribution in [0.2, 0.25) is 0 Å². The Morgan fingerprint density at radius 2 is 1.80 bits per heavy atom. The van der Waals surface area contributed by atoms with Gasteiger partial charge in [0.05, 0.1) is 17.4 Å². The van der Waals surface area contributed by atoms with Crippen molar-refractivity contribution >= 4 is 27.3 Å². The highest BCUT2D eigenvalue weighted by Crippen LogP contribution is 2.44. The molecule has 25 heavy (non-hydrogen) atoms. The molecule has 0 spiro atoms. The maximum absolute atomic E-state index is 13.8. The summed E-state index contributed by atoms with van der Waals surface area (Å²) in [6.45, 7) is 0. The number of anilines is 2. The van der Waals surface area contributed by atoms with Crippen LogP contribution in [0.5, 0.6) is 0 Å². The lowest BCUT2D eigenvalue weighted by Gasteiger charge is -2.40. The first-order valence-electron chi connectivity index (χ1n) is 7.94. The highest BCUT2D eigenvalue weighted by atomic mass is 32.2. The first kappa shape index (κ1) is 17.4. The molecule has 1 aliphatic rings. The fourth-order valence-electron chi connectivity index (χ4n) is 3.07. The van der Waals surface area contributed by atoms with Crippen molar-refractivity contribution < 1.29 is 17.6 Å². The Morgan fingerprint density at radius 1 is 1.12 bits per heavy atom. The van der Waals surface area contributed by atoms with Gasteiger partial charge in [-0.15, -0.1) is 0 Å². The molecule has 1 aliphatic carbocycles. The Hall–Kier alpha value is -2.41. The normalized spacial score (nSPS) is 15.9. The van der Waals surface area contributed by atoms with Crippen molar-refractivity contribution in [3.05, 3.63) is 59.9 Å². The highest BCUT2D eigenvalue weighted by Gasteiger charge is 2.45. The van der Waals surface area contributed by atoms with Crippen molar-refractivity contribution in [2.75, 3.05) is 16.3 Å². The fourth-order valence-corrected chi connectivity index (χ4v) is 3.62. The summed E-state index contributed by atoms with van der Waals surface area (Å²) in [7, 11) is -3.61. The minimum atomic E-state index is -3.61. The standard InChI is InChI=1S/C18H19FN2O3S/c1-25(23,24)21-16-12-14(8-9-15(16)19)20-17(22)18(10-5-11-18)13-6-3-2-4-7-13/h2-4,6-9,12,21H,5,10-11H2,1H3,(H,20,22). The van der Waals surface area contributed by atoms with Gasteiger partial charge in [-0.25, -0.2) is 12.8 Å². The summed E-state index contributed by atoms with van der Waals surface area (Å²) in [4.78, 5) is 12.9. The molecule has 0 bridgehead atoms. The van der Waals surface area contributed by atoms with Gasteiger partial charge in [-0.3, -0.25) is 9.52 Å². The van der Waals surface area contributed by atoms with Crippen molar-refractivity contribution in [1.82, 2.24) is 0 Å². The van der Waals surface area contributed by atoms with Crippen LogP contribution in [-0.4, -0.2) is 20.6 Å². The lowest BCUT2D eigenvalue weighted by molar-refractivity contribution is -0.124. The van der Waals surface area contributed by atoms with E-state index in [1.807, 2.05) is 30.3 Å². The quantitative estimate of drug-likeness (QED) is 0.857. The molecule has 1 saturated carbocycles. The molecule has 132 valence electrons. The van der Waals surface area contributed by atoms with E-state index in [4.69, 9.17) is 0 Å². The van der Waals surface area contributed by atoms with Gasteiger partial charge in [0.15, 0.2) is 0 Å². The number of halogens is 1. The van der Waals surface area contributed by atoms with E-state index in [1.165, 1.54) is 12.1 Å². The Morgan fingerprint density at radius 3 is 2.36 bits per heavy atom. The summed E-state index contributed by atoms with van der Waals surface area (Å²) in [5.74, 6) is -0.869. The van der Waals surface area contributed by atoms with Crippen molar-refractivity contribution in [2.45, 2.75) is 24.7 Å². The third-order valence-corrected chi connectivity index (χ3v) is 5.08. The predicted octanol–water partition coefficient (Wildman–Crippen LogP) is 3.26. The molecule has 2 aromatic carbocycles. The van der Waals surface area contributed by atoms with Crippen LogP contribution < -0.4 is 10.0 Å². The molecule has 3 rings (SSSR count). The number of hydrogen-bond acceptors (Lipinski definition) is 3. The maximum Gasteiger partial charge on any atom is 0.235 e. The van der Waals surface area contributed by atoms with Crippen molar-refractivity contribution in [3.8, 4) is 0 Å². The molecular weight excluding hydrogens is 343 g/mol. The van der Waals surface area contributed by atoms with Gasteiger partial charge in [-0.1, -0.05) is 36.8 Å². The Labute approximate surface area is 146 Å². The maximum atomic E-state index is 13.8. The number of rotatable bonds is 5. The van der Waals surface area contributed by atoms with E-state index in [0.717, 1.165) is 37.1 Å². The Balaban J connectivity index is 1.85. The zero-order valence-corrected chi connectivity index (χ0v) is 14.6. The van der Waals surface area contributed by atoms with Crippen LogP contribution >= 0.6 is 0 Å². The lowest BCUT2D eigenvalue weighted by atomic mass is 9.64. The third kappa shape index (κ3) is 3.66. The van der Waals surface area contributed by atoms with Crippen LogP contribution in [0.1, 0.15) is 24.8 Å². The third-order valence-electron chi connectivity index (χ3n) is 4.49. The number of hydrogen-bond donors (Lipinski definition) is 2. The molecule has 2 aromatic rings. The van der Waals surface area contributed by atoms with Crippen LogP contribution in [0.25, 0.3) is 0 Å². The minimum Gasteiger partial charge on any atom is -0.325 e. The summed E-state index contributed by atoms with van der Waals surface area (Å²) in [6.07, 6.45) is 3.40. The summed E-state index contributed by atoms with van der Waals surface area (Å²) in [6, 6.07) is 13.4. The van der Waals surface area contributed by atoms with Crippen LogP contribution in [0.3, 0.4) is 0 Å². The number of carbonyl (C=O) groups excluding carboxylic acids is 1. The zero-order chi connectivity index (χ0) is 18.1. The smallest absolute Gasteiger partial charge is 0.235 e. The molecule has 0 heterocycles. The van der Waals surface area contributed by atoms with Crippen LogP contribution in [0.15, 0.2) is 48.5 Å². The molecule has 0 saturated heterocycles. The van der Waals surface area contributed by atoms with Gasteiger partial charge in [0.1, 0.15) is 5.82 Å². The molecule has 0 unspecified atom stereocenters. The summed E-state index contributed by atoms with van der Waals surface area (Å²) in [5.41, 5.74) is 0.526. The highest BCUT2D eigenvalue weighted by molar-refractivity contribution is 7.92. The SMILES string of the molecule is CS(=O)(=O)Nc1cc(NC(=O)C2(c3ccccc3)CCC2)ccc1F. The second-order valence-electron chi connectivity index (χ2n) is 6.32.